The van der Waals surface area contributed by atoms with Gasteiger partial charge in [-0.3, -0.25) is 4.79 Å². The summed E-state index contributed by atoms with van der Waals surface area (Å²) < 4.78 is 13.3. The lowest BCUT2D eigenvalue weighted by Gasteiger charge is -2.32. The van der Waals surface area contributed by atoms with E-state index in [-0.39, 0.29) is 5.78 Å². The molecule has 2 aromatic carbocycles. The standard InChI is InChI=1S/C29H38N2O3/c1-4-5-10-28(32)26-21-31(27-13-12-23(33-2)20-25(26)27)17-8-16-30-18-14-22(15-19-30)24-9-6-7-11-29(24)34-3/h6-7,9,11-13,20-22H,4-5,8,10,14-19H2,1-3H3. The molecule has 4 rings (SSSR count). The van der Waals surface area contributed by atoms with Crippen LogP contribution < -0.4 is 9.47 Å². The number of hydrogen-bond donors (Lipinski definition) is 0. The molecule has 34 heavy (non-hydrogen) atoms. The van der Waals surface area contributed by atoms with Crippen LogP contribution in [0, 0.1) is 0 Å². The number of fused-ring (bicyclic) bond motifs is 1. The first-order chi connectivity index (χ1) is 16.6. The fourth-order valence-corrected chi connectivity index (χ4v) is 5.22. The third-order valence-electron chi connectivity index (χ3n) is 7.19. The van der Waals surface area contributed by atoms with Crippen molar-refractivity contribution in [1.29, 1.82) is 0 Å². The maximum atomic E-state index is 12.9. The molecule has 1 aliphatic rings. The smallest absolute Gasteiger partial charge is 0.165 e. The Morgan fingerprint density at radius 2 is 1.79 bits per heavy atom. The maximum absolute atomic E-state index is 12.9. The Morgan fingerprint density at radius 3 is 2.53 bits per heavy atom. The second-order valence-corrected chi connectivity index (χ2v) is 9.36. The Kier molecular flexibility index (Phi) is 8.28. The molecule has 5 heteroatoms. The van der Waals surface area contributed by atoms with Crippen molar-refractivity contribution >= 4 is 16.7 Å². The molecule has 182 valence electrons. The Bertz CT molecular complexity index is 1100. The van der Waals surface area contributed by atoms with Crippen molar-refractivity contribution in [1.82, 2.24) is 9.47 Å². The predicted octanol–water partition coefficient (Wildman–Crippen LogP) is 6.30. The van der Waals surface area contributed by atoms with Gasteiger partial charge in [-0.1, -0.05) is 31.5 Å². The van der Waals surface area contributed by atoms with Gasteiger partial charge in [0.05, 0.1) is 14.2 Å². The Hall–Kier alpha value is -2.79. The average Bonchev–Trinajstić information content (AvgIpc) is 3.25. The number of ketones is 1. The van der Waals surface area contributed by atoms with Crippen molar-refractivity contribution in [3.05, 3.63) is 59.8 Å². The third kappa shape index (κ3) is 5.47. The topological polar surface area (TPSA) is 43.7 Å². The van der Waals surface area contributed by atoms with Crippen LogP contribution in [0.3, 0.4) is 0 Å². The van der Waals surface area contributed by atoms with Crippen LogP contribution in [0.5, 0.6) is 11.5 Å². The summed E-state index contributed by atoms with van der Waals surface area (Å²) in [5.74, 6) is 2.62. The fraction of sp³-hybridized carbons (Fsp3) is 0.483. The highest BCUT2D eigenvalue weighted by Crippen LogP contribution is 2.34. The molecule has 1 aromatic heterocycles. The van der Waals surface area contributed by atoms with Crippen LogP contribution in [0.25, 0.3) is 10.9 Å². The van der Waals surface area contributed by atoms with Crippen molar-refractivity contribution in [3.8, 4) is 11.5 Å². The molecule has 0 bridgehead atoms. The van der Waals surface area contributed by atoms with E-state index in [4.69, 9.17) is 9.47 Å². The summed E-state index contributed by atoms with van der Waals surface area (Å²) in [6, 6.07) is 14.5. The number of Topliss-reactive ketones (excluding diaryl/α,β-unsaturated/α-hetero) is 1. The molecule has 0 saturated carbocycles. The van der Waals surface area contributed by atoms with E-state index in [1.807, 2.05) is 18.2 Å². The molecule has 1 aliphatic heterocycles. The van der Waals surface area contributed by atoms with Gasteiger partial charge in [-0.25, -0.2) is 0 Å². The molecule has 0 spiro atoms. The number of carbonyl (C=O) groups excluding carboxylic acids is 1. The largest absolute Gasteiger partial charge is 0.497 e. The lowest BCUT2D eigenvalue weighted by molar-refractivity contribution is 0.0981. The molecule has 1 fully saturated rings. The van der Waals surface area contributed by atoms with Gasteiger partial charge < -0.3 is 18.9 Å². The van der Waals surface area contributed by atoms with Crippen molar-refractivity contribution in [3.63, 3.8) is 0 Å². The minimum atomic E-state index is 0.234. The average molecular weight is 463 g/mol. The molecular weight excluding hydrogens is 424 g/mol. The van der Waals surface area contributed by atoms with Gasteiger partial charge in [0.15, 0.2) is 5.78 Å². The van der Waals surface area contributed by atoms with Crippen molar-refractivity contribution in [2.45, 2.75) is 57.9 Å². The number of aryl methyl sites for hydroxylation is 1. The molecular formula is C29H38N2O3. The van der Waals surface area contributed by atoms with Gasteiger partial charge in [-0.2, -0.15) is 0 Å². The molecule has 0 atom stereocenters. The maximum Gasteiger partial charge on any atom is 0.165 e. The number of piperidine rings is 1. The number of carbonyl (C=O) groups is 1. The summed E-state index contributed by atoms with van der Waals surface area (Å²) in [6.07, 6.45) is 8.04. The van der Waals surface area contributed by atoms with Gasteiger partial charge in [0.2, 0.25) is 0 Å². The second-order valence-electron chi connectivity index (χ2n) is 9.36. The quantitative estimate of drug-likeness (QED) is 0.314. The van der Waals surface area contributed by atoms with Crippen LogP contribution in [0.4, 0.5) is 0 Å². The number of nitrogens with zero attached hydrogens (tertiary/aromatic N) is 2. The molecule has 0 radical (unpaired) electrons. The summed E-state index contributed by atoms with van der Waals surface area (Å²) in [4.78, 5) is 15.5. The number of para-hydroxylation sites is 1. The molecule has 0 amide bonds. The third-order valence-corrected chi connectivity index (χ3v) is 7.19. The minimum absolute atomic E-state index is 0.234. The van der Waals surface area contributed by atoms with Crippen LogP contribution in [0.2, 0.25) is 0 Å². The van der Waals surface area contributed by atoms with E-state index in [9.17, 15) is 4.79 Å². The number of benzene rings is 2. The fourth-order valence-electron chi connectivity index (χ4n) is 5.22. The van der Waals surface area contributed by atoms with E-state index in [1.165, 1.54) is 18.4 Å². The lowest BCUT2D eigenvalue weighted by atomic mass is 9.89. The van der Waals surface area contributed by atoms with Gasteiger partial charge in [0, 0.05) is 35.6 Å². The normalized spacial score (nSPS) is 15.0. The molecule has 0 aliphatic carbocycles. The highest BCUT2D eigenvalue weighted by Gasteiger charge is 2.23. The van der Waals surface area contributed by atoms with Crippen LogP contribution in [0.15, 0.2) is 48.7 Å². The predicted molar refractivity (Wildman–Crippen MR) is 138 cm³/mol. The summed E-state index contributed by atoms with van der Waals surface area (Å²) >= 11 is 0. The first-order valence-corrected chi connectivity index (χ1v) is 12.7. The van der Waals surface area contributed by atoms with Gasteiger partial charge in [-0.15, -0.1) is 0 Å². The van der Waals surface area contributed by atoms with Crippen LogP contribution in [0.1, 0.15) is 67.3 Å². The van der Waals surface area contributed by atoms with E-state index in [1.54, 1.807) is 14.2 Å². The second kappa shape index (κ2) is 11.6. The Balaban J connectivity index is 1.37. The zero-order valence-corrected chi connectivity index (χ0v) is 20.9. The van der Waals surface area contributed by atoms with E-state index in [0.29, 0.717) is 12.3 Å². The molecule has 0 N–H and O–H groups in total. The van der Waals surface area contributed by atoms with Gasteiger partial charge >= 0.3 is 0 Å². The number of rotatable bonds is 11. The number of unbranched alkanes of at least 4 members (excludes halogenated alkanes) is 1. The van der Waals surface area contributed by atoms with Crippen molar-refractivity contribution in [2.24, 2.45) is 0 Å². The molecule has 0 unspecified atom stereocenters. The minimum Gasteiger partial charge on any atom is -0.497 e. The van der Waals surface area contributed by atoms with Gasteiger partial charge in [0.1, 0.15) is 11.5 Å². The van der Waals surface area contributed by atoms with Crippen molar-refractivity contribution in [2.75, 3.05) is 33.9 Å². The number of aromatic nitrogens is 1. The summed E-state index contributed by atoms with van der Waals surface area (Å²) in [6.45, 7) is 6.35. The summed E-state index contributed by atoms with van der Waals surface area (Å²) in [7, 11) is 3.44. The molecule has 3 aromatic rings. The van der Waals surface area contributed by atoms with E-state index in [0.717, 1.165) is 73.4 Å². The Morgan fingerprint density at radius 1 is 1.00 bits per heavy atom. The zero-order valence-electron chi connectivity index (χ0n) is 20.9. The first-order valence-electron chi connectivity index (χ1n) is 12.7. The number of likely N-dealkylation sites (tertiary alicyclic amines) is 1. The van der Waals surface area contributed by atoms with Crippen LogP contribution in [-0.2, 0) is 6.54 Å². The van der Waals surface area contributed by atoms with Crippen LogP contribution in [-0.4, -0.2) is 49.1 Å². The molecule has 5 nitrogen and oxygen atoms in total. The lowest BCUT2D eigenvalue weighted by Crippen LogP contribution is -2.34. The van der Waals surface area contributed by atoms with Gasteiger partial charge in [0.25, 0.3) is 0 Å². The SMILES string of the molecule is CCCCC(=O)c1cn(CCCN2CCC(c3ccccc3OC)CC2)c2ccc(OC)cc12. The van der Waals surface area contributed by atoms with Crippen molar-refractivity contribution < 1.29 is 14.3 Å². The number of hydrogen-bond acceptors (Lipinski definition) is 4. The first kappa shape index (κ1) is 24.3. The monoisotopic (exact) mass is 462 g/mol. The van der Waals surface area contributed by atoms with Gasteiger partial charge in [-0.05, 0) is 81.1 Å². The van der Waals surface area contributed by atoms with Crippen LogP contribution >= 0.6 is 0 Å². The molecule has 2 heterocycles. The Labute approximate surface area is 203 Å². The van der Waals surface area contributed by atoms with E-state index >= 15 is 0 Å². The molecule has 1 saturated heterocycles. The highest BCUT2D eigenvalue weighted by atomic mass is 16.5. The number of ether oxygens (including phenoxy) is 2. The summed E-state index contributed by atoms with van der Waals surface area (Å²) in [5.41, 5.74) is 3.30. The summed E-state index contributed by atoms with van der Waals surface area (Å²) in [5, 5.41) is 1.01. The number of methoxy groups -OCH3 is 2. The zero-order chi connectivity index (χ0) is 23.9. The highest BCUT2D eigenvalue weighted by molar-refractivity contribution is 6.08. The van der Waals surface area contributed by atoms with E-state index in [2.05, 4.69) is 46.9 Å². The van der Waals surface area contributed by atoms with E-state index < -0.39 is 0 Å².